The van der Waals surface area contributed by atoms with Crippen molar-refractivity contribution in [3.05, 3.63) is 0 Å². The van der Waals surface area contributed by atoms with Gasteiger partial charge in [0.15, 0.2) is 0 Å². The molecule has 1 saturated heterocycles. The molecule has 0 saturated carbocycles. The highest BCUT2D eigenvalue weighted by molar-refractivity contribution is 5.70. The van der Waals surface area contributed by atoms with E-state index in [1.165, 1.54) is 0 Å². The van der Waals surface area contributed by atoms with Gasteiger partial charge < -0.3 is 9.84 Å². The minimum absolute atomic E-state index is 0.301. The first-order valence-corrected chi connectivity index (χ1v) is 6.56. The van der Waals surface area contributed by atoms with Crippen molar-refractivity contribution in [1.29, 1.82) is 0 Å². The average Bonchev–Trinajstić information content (AvgIpc) is 1.90. The maximum absolute atomic E-state index is 12.4. The number of rotatable bonds is 0. The Balaban J connectivity index is 2.99. The number of ether oxygens (including phenoxy) is 1. The number of nitrogens with zero attached hydrogens (tertiary/aromatic N) is 1. The van der Waals surface area contributed by atoms with Gasteiger partial charge in [-0.15, -0.1) is 0 Å². The zero-order valence-corrected chi connectivity index (χ0v) is 12.7. The Morgan fingerprint density at radius 3 is 1.89 bits per heavy atom. The van der Waals surface area contributed by atoms with E-state index in [-0.39, 0.29) is 12.2 Å². The molecule has 0 spiro atoms. The van der Waals surface area contributed by atoms with Crippen LogP contribution < -0.4 is 0 Å². The van der Waals surface area contributed by atoms with Crippen LogP contribution in [0.1, 0.15) is 61.3 Å². The molecule has 1 fully saturated rings. The second-order valence-electron chi connectivity index (χ2n) is 7.50. The summed E-state index contributed by atoms with van der Waals surface area (Å²) < 4.78 is 5.49. The fourth-order valence-corrected chi connectivity index (χ4v) is 3.03. The van der Waals surface area contributed by atoms with Crippen molar-refractivity contribution in [2.75, 3.05) is 0 Å². The van der Waals surface area contributed by atoms with E-state index in [1.807, 2.05) is 48.5 Å². The van der Waals surface area contributed by atoms with Gasteiger partial charge >= 0.3 is 6.09 Å². The molecule has 18 heavy (non-hydrogen) atoms. The van der Waals surface area contributed by atoms with Crippen LogP contribution in [0.3, 0.4) is 0 Å². The molecule has 4 heteroatoms. The van der Waals surface area contributed by atoms with Gasteiger partial charge in [0, 0.05) is 11.1 Å². The predicted octanol–water partition coefficient (Wildman–Crippen LogP) is 2.94. The number of hydrogen-bond donors (Lipinski definition) is 1. The molecule has 0 atom stereocenters. The topological polar surface area (TPSA) is 49.8 Å². The molecule has 1 rings (SSSR count). The average molecular weight is 257 g/mol. The largest absolute Gasteiger partial charge is 0.444 e. The zero-order chi connectivity index (χ0) is 14.4. The third kappa shape index (κ3) is 3.37. The first-order chi connectivity index (χ1) is 7.85. The number of amides is 1. The first-order valence-electron chi connectivity index (χ1n) is 6.56. The summed E-state index contributed by atoms with van der Waals surface area (Å²) in [5.74, 6) is 0. The molecule has 1 N–H and O–H groups in total. The molecule has 4 nitrogen and oxygen atoms in total. The van der Waals surface area contributed by atoms with Crippen LogP contribution in [-0.2, 0) is 4.74 Å². The molecule has 0 aromatic rings. The van der Waals surface area contributed by atoms with E-state index in [2.05, 4.69) is 0 Å². The van der Waals surface area contributed by atoms with E-state index in [9.17, 15) is 9.90 Å². The Morgan fingerprint density at radius 1 is 1.17 bits per heavy atom. The second kappa shape index (κ2) is 4.41. The first kappa shape index (κ1) is 15.3. The van der Waals surface area contributed by atoms with Crippen molar-refractivity contribution in [3.63, 3.8) is 0 Å². The molecule has 106 valence electrons. The summed E-state index contributed by atoms with van der Waals surface area (Å²) in [5, 5.41) is 9.93. The van der Waals surface area contributed by atoms with E-state index >= 15 is 0 Å². The molecular weight excluding hydrogens is 230 g/mol. The maximum atomic E-state index is 12.4. The van der Waals surface area contributed by atoms with Crippen LogP contribution in [0.2, 0.25) is 0 Å². The Bertz CT molecular complexity index is 310. The smallest absolute Gasteiger partial charge is 0.411 e. The van der Waals surface area contributed by atoms with Crippen molar-refractivity contribution in [2.24, 2.45) is 0 Å². The van der Waals surface area contributed by atoms with Crippen LogP contribution in [0.5, 0.6) is 0 Å². The van der Waals surface area contributed by atoms with Crippen molar-refractivity contribution >= 4 is 6.09 Å². The summed E-state index contributed by atoms with van der Waals surface area (Å²) >= 11 is 0. The van der Waals surface area contributed by atoms with Gasteiger partial charge in [0.05, 0.1) is 6.10 Å². The number of aliphatic hydroxyl groups is 1. The van der Waals surface area contributed by atoms with Crippen LogP contribution in [0, 0.1) is 0 Å². The number of piperidine rings is 1. The lowest BCUT2D eigenvalue weighted by molar-refractivity contribution is -0.0839. The molecule has 0 bridgehead atoms. The van der Waals surface area contributed by atoms with Crippen molar-refractivity contribution in [2.45, 2.75) is 84.1 Å². The Labute approximate surface area is 110 Å². The monoisotopic (exact) mass is 257 g/mol. The molecule has 1 amide bonds. The molecule has 0 aromatic heterocycles. The van der Waals surface area contributed by atoms with Gasteiger partial charge in [-0.1, -0.05) is 0 Å². The summed E-state index contributed by atoms with van der Waals surface area (Å²) in [5.41, 5.74) is -1.30. The van der Waals surface area contributed by atoms with Crippen LogP contribution in [-0.4, -0.2) is 38.9 Å². The van der Waals surface area contributed by atoms with E-state index in [0.717, 1.165) is 0 Å². The van der Waals surface area contributed by atoms with E-state index in [0.29, 0.717) is 12.8 Å². The van der Waals surface area contributed by atoms with Crippen LogP contribution in [0.4, 0.5) is 4.79 Å². The molecule has 0 unspecified atom stereocenters. The number of hydrogen-bond acceptors (Lipinski definition) is 3. The molecule has 0 aromatic carbocycles. The van der Waals surface area contributed by atoms with Crippen LogP contribution in [0.25, 0.3) is 0 Å². The fraction of sp³-hybridized carbons (Fsp3) is 0.929. The van der Waals surface area contributed by atoms with Crippen LogP contribution >= 0.6 is 0 Å². The third-order valence-corrected chi connectivity index (χ3v) is 3.26. The highest BCUT2D eigenvalue weighted by atomic mass is 16.6. The van der Waals surface area contributed by atoms with Crippen molar-refractivity contribution in [3.8, 4) is 0 Å². The standard InChI is InChI=1S/C14H27NO3/c1-12(2,3)18-11(17)15-13(4,5)8-10(16)9-14(15,6)7/h10,16H,8-9H2,1-7H3. The lowest BCUT2D eigenvalue weighted by atomic mass is 9.78. The zero-order valence-electron chi connectivity index (χ0n) is 12.7. The molecule has 1 aliphatic rings. The van der Waals surface area contributed by atoms with Gasteiger partial charge in [0.25, 0.3) is 0 Å². The van der Waals surface area contributed by atoms with Gasteiger partial charge in [-0.3, -0.25) is 4.90 Å². The Kier molecular flexibility index (Phi) is 3.74. The van der Waals surface area contributed by atoms with Gasteiger partial charge in [-0.25, -0.2) is 4.79 Å². The van der Waals surface area contributed by atoms with Crippen molar-refractivity contribution < 1.29 is 14.6 Å². The summed E-state index contributed by atoms with van der Waals surface area (Å²) in [6.07, 6.45) is 0.490. The van der Waals surface area contributed by atoms with E-state index in [4.69, 9.17) is 4.74 Å². The van der Waals surface area contributed by atoms with Gasteiger partial charge in [-0.2, -0.15) is 0 Å². The highest BCUT2D eigenvalue weighted by Crippen LogP contribution is 2.39. The lowest BCUT2D eigenvalue weighted by Gasteiger charge is -2.53. The summed E-state index contributed by atoms with van der Waals surface area (Å²) in [7, 11) is 0. The van der Waals surface area contributed by atoms with Gasteiger partial charge in [0.2, 0.25) is 0 Å². The number of carbonyl (C=O) groups is 1. The Morgan fingerprint density at radius 2 is 1.56 bits per heavy atom. The summed E-state index contributed by atoms with van der Waals surface area (Å²) in [4.78, 5) is 14.1. The minimum Gasteiger partial charge on any atom is -0.444 e. The molecule has 1 aliphatic heterocycles. The summed E-state index contributed by atoms with van der Waals surface area (Å²) in [6, 6.07) is 0. The predicted molar refractivity (Wildman–Crippen MR) is 71.5 cm³/mol. The SMILES string of the molecule is CC(C)(C)OC(=O)N1C(C)(C)CC(O)CC1(C)C. The second-order valence-corrected chi connectivity index (χ2v) is 7.50. The van der Waals surface area contributed by atoms with Gasteiger partial charge in [-0.05, 0) is 61.3 Å². The number of carbonyl (C=O) groups excluding carboxylic acids is 1. The lowest BCUT2D eigenvalue weighted by Crippen LogP contribution is -2.64. The van der Waals surface area contributed by atoms with Gasteiger partial charge in [0.1, 0.15) is 5.60 Å². The minimum atomic E-state index is -0.501. The molecule has 0 radical (unpaired) electrons. The van der Waals surface area contributed by atoms with E-state index in [1.54, 1.807) is 4.90 Å². The molecule has 0 aliphatic carbocycles. The number of aliphatic hydroxyl groups excluding tert-OH is 1. The fourth-order valence-electron chi connectivity index (χ4n) is 3.03. The maximum Gasteiger partial charge on any atom is 0.411 e. The normalized spacial score (nSPS) is 23.9. The number of likely N-dealkylation sites (tertiary alicyclic amines) is 1. The van der Waals surface area contributed by atoms with E-state index < -0.39 is 16.7 Å². The summed E-state index contributed by atoms with van der Waals surface area (Å²) in [6.45, 7) is 13.5. The molecular formula is C14H27NO3. The van der Waals surface area contributed by atoms with Crippen molar-refractivity contribution in [1.82, 2.24) is 4.90 Å². The van der Waals surface area contributed by atoms with Crippen LogP contribution in [0.15, 0.2) is 0 Å². The third-order valence-electron chi connectivity index (χ3n) is 3.26. The Hall–Kier alpha value is -0.770. The quantitative estimate of drug-likeness (QED) is 0.726. The highest BCUT2D eigenvalue weighted by Gasteiger charge is 2.48. The molecule has 1 heterocycles.